The predicted molar refractivity (Wildman–Crippen MR) is 103 cm³/mol. The maximum absolute atomic E-state index is 12.4. The SMILES string of the molecule is Cc1ccc(Nc2ccc(C(=O)Nc3ccc(C)cc3C)nc2)cc1. The summed E-state index contributed by atoms with van der Waals surface area (Å²) >= 11 is 0. The summed E-state index contributed by atoms with van der Waals surface area (Å²) in [5.41, 5.74) is 6.42. The number of aryl methyl sites for hydroxylation is 3. The van der Waals surface area contributed by atoms with Gasteiger partial charge in [-0.2, -0.15) is 0 Å². The fraction of sp³-hybridized carbons (Fsp3) is 0.143. The lowest BCUT2D eigenvalue weighted by atomic mass is 10.1. The van der Waals surface area contributed by atoms with Crippen LogP contribution in [0.2, 0.25) is 0 Å². The number of amides is 1. The number of carbonyl (C=O) groups is 1. The summed E-state index contributed by atoms with van der Waals surface area (Å²) in [6.07, 6.45) is 1.66. The molecule has 1 amide bonds. The van der Waals surface area contributed by atoms with Crippen molar-refractivity contribution in [1.29, 1.82) is 0 Å². The van der Waals surface area contributed by atoms with Crippen molar-refractivity contribution in [3.63, 3.8) is 0 Å². The van der Waals surface area contributed by atoms with E-state index in [1.165, 1.54) is 11.1 Å². The molecule has 0 unspecified atom stereocenters. The number of anilines is 3. The first-order valence-electron chi connectivity index (χ1n) is 8.19. The van der Waals surface area contributed by atoms with E-state index >= 15 is 0 Å². The number of nitrogens with one attached hydrogen (secondary N) is 2. The Morgan fingerprint density at radius 3 is 2.16 bits per heavy atom. The van der Waals surface area contributed by atoms with Gasteiger partial charge in [-0.15, -0.1) is 0 Å². The first-order valence-corrected chi connectivity index (χ1v) is 8.19. The monoisotopic (exact) mass is 331 g/mol. The molecule has 4 nitrogen and oxygen atoms in total. The van der Waals surface area contributed by atoms with E-state index in [9.17, 15) is 4.79 Å². The van der Waals surface area contributed by atoms with Crippen molar-refractivity contribution < 1.29 is 4.79 Å². The van der Waals surface area contributed by atoms with Crippen LogP contribution in [0.15, 0.2) is 60.8 Å². The van der Waals surface area contributed by atoms with E-state index < -0.39 is 0 Å². The van der Waals surface area contributed by atoms with E-state index in [-0.39, 0.29) is 5.91 Å². The summed E-state index contributed by atoms with van der Waals surface area (Å²) < 4.78 is 0. The van der Waals surface area contributed by atoms with Gasteiger partial charge in [0.05, 0.1) is 11.9 Å². The smallest absolute Gasteiger partial charge is 0.274 e. The Balaban J connectivity index is 1.68. The first kappa shape index (κ1) is 16.7. The number of aromatic nitrogens is 1. The van der Waals surface area contributed by atoms with Crippen molar-refractivity contribution in [3.05, 3.63) is 83.2 Å². The van der Waals surface area contributed by atoms with Crippen LogP contribution in [-0.4, -0.2) is 10.9 Å². The quantitative estimate of drug-likeness (QED) is 0.707. The van der Waals surface area contributed by atoms with Crippen LogP contribution in [0.3, 0.4) is 0 Å². The van der Waals surface area contributed by atoms with Gasteiger partial charge in [-0.05, 0) is 56.7 Å². The Bertz CT molecular complexity index is 884. The number of rotatable bonds is 4. The molecule has 0 saturated heterocycles. The number of hydrogen-bond donors (Lipinski definition) is 2. The van der Waals surface area contributed by atoms with Gasteiger partial charge < -0.3 is 10.6 Å². The van der Waals surface area contributed by atoms with Gasteiger partial charge in [0.15, 0.2) is 0 Å². The highest BCUT2D eigenvalue weighted by Crippen LogP contribution is 2.19. The third-order valence-electron chi connectivity index (χ3n) is 3.97. The normalized spacial score (nSPS) is 10.4. The minimum Gasteiger partial charge on any atom is -0.354 e. The van der Waals surface area contributed by atoms with Crippen molar-refractivity contribution in [1.82, 2.24) is 4.98 Å². The summed E-state index contributed by atoms with van der Waals surface area (Å²) in [6, 6.07) is 17.6. The molecule has 0 fully saturated rings. The highest BCUT2D eigenvalue weighted by atomic mass is 16.1. The second kappa shape index (κ2) is 7.18. The van der Waals surface area contributed by atoms with Crippen LogP contribution in [-0.2, 0) is 0 Å². The van der Waals surface area contributed by atoms with Crippen LogP contribution in [0.1, 0.15) is 27.2 Å². The van der Waals surface area contributed by atoms with Gasteiger partial charge in [-0.1, -0.05) is 35.4 Å². The molecule has 0 radical (unpaired) electrons. The molecule has 0 saturated carbocycles. The molecule has 3 aromatic rings. The van der Waals surface area contributed by atoms with Crippen molar-refractivity contribution in [2.75, 3.05) is 10.6 Å². The predicted octanol–water partition coefficient (Wildman–Crippen LogP) is 5.00. The minimum absolute atomic E-state index is 0.214. The molecule has 0 atom stereocenters. The van der Waals surface area contributed by atoms with Gasteiger partial charge in [-0.25, -0.2) is 4.98 Å². The van der Waals surface area contributed by atoms with Crippen molar-refractivity contribution in [2.45, 2.75) is 20.8 Å². The lowest BCUT2D eigenvalue weighted by Gasteiger charge is -2.10. The number of pyridine rings is 1. The van der Waals surface area contributed by atoms with Crippen LogP contribution >= 0.6 is 0 Å². The standard InChI is InChI=1S/C21H21N3O/c1-14-4-7-17(8-5-14)23-18-9-11-20(22-13-18)21(25)24-19-10-6-15(2)12-16(19)3/h4-13,23H,1-3H3,(H,24,25). The maximum atomic E-state index is 12.4. The van der Waals surface area contributed by atoms with Gasteiger partial charge in [0.25, 0.3) is 5.91 Å². The molecule has 0 bridgehead atoms. The molecular weight excluding hydrogens is 310 g/mol. The van der Waals surface area contributed by atoms with E-state index in [1.807, 2.05) is 62.4 Å². The molecule has 3 rings (SSSR count). The lowest BCUT2D eigenvalue weighted by Crippen LogP contribution is -2.14. The van der Waals surface area contributed by atoms with Crippen LogP contribution in [0.5, 0.6) is 0 Å². The highest BCUT2D eigenvalue weighted by molar-refractivity contribution is 6.03. The second-order valence-corrected chi connectivity index (χ2v) is 6.20. The third kappa shape index (κ3) is 4.23. The summed E-state index contributed by atoms with van der Waals surface area (Å²) in [5, 5.41) is 6.18. The Morgan fingerprint density at radius 2 is 1.52 bits per heavy atom. The molecule has 0 aliphatic rings. The maximum Gasteiger partial charge on any atom is 0.274 e. The van der Waals surface area contributed by atoms with E-state index in [4.69, 9.17) is 0 Å². The molecule has 0 aliphatic heterocycles. The second-order valence-electron chi connectivity index (χ2n) is 6.20. The van der Waals surface area contributed by atoms with E-state index in [2.05, 4.69) is 22.5 Å². The molecular formula is C21H21N3O. The average molecular weight is 331 g/mol. The van der Waals surface area contributed by atoms with Crippen LogP contribution in [0, 0.1) is 20.8 Å². The molecule has 2 N–H and O–H groups in total. The number of benzene rings is 2. The third-order valence-corrected chi connectivity index (χ3v) is 3.97. The topological polar surface area (TPSA) is 54.0 Å². The van der Waals surface area contributed by atoms with Crippen molar-refractivity contribution in [3.8, 4) is 0 Å². The fourth-order valence-corrected chi connectivity index (χ4v) is 2.55. The summed E-state index contributed by atoms with van der Waals surface area (Å²) in [6.45, 7) is 6.05. The molecule has 25 heavy (non-hydrogen) atoms. The van der Waals surface area contributed by atoms with Gasteiger partial charge in [-0.3, -0.25) is 4.79 Å². The van der Waals surface area contributed by atoms with Crippen molar-refractivity contribution in [2.24, 2.45) is 0 Å². The minimum atomic E-state index is -0.214. The van der Waals surface area contributed by atoms with Gasteiger partial charge in [0, 0.05) is 11.4 Å². The van der Waals surface area contributed by atoms with E-state index in [0.29, 0.717) is 5.69 Å². The van der Waals surface area contributed by atoms with Gasteiger partial charge in [0.2, 0.25) is 0 Å². The molecule has 126 valence electrons. The molecule has 0 aliphatic carbocycles. The number of carbonyl (C=O) groups excluding carboxylic acids is 1. The fourth-order valence-electron chi connectivity index (χ4n) is 2.55. The van der Waals surface area contributed by atoms with Gasteiger partial charge in [0.1, 0.15) is 5.69 Å². The Morgan fingerprint density at radius 1 is 0.840 bits per heavy atom. The van der Waals surface area contributed by atoms with Crippen molar-refractivity contribution >= 4 is 23.0 Å². The highest BCUT2D eigenvalue weighted by Gasteiger charge is 2.09. The Hall–Kier alpha value is -3.14. The summed E-state index contributed by atoms with van der Waals surface area (Å²) in [5.74, 6) is -0.214. The summed E-state index contributed by atoms with van der Waals surface area (Å²) in [7, 11) is 0. The van der Waals surface area contributed by atoms with E-state index in [1.54, 1.807) is 12.3 Å². The zero-order valence-electron chi connectivity index (χ0n) is 14.6. The average Bonchev–Trinajstić information content (AvgIpc) is 2.60. The van der Waals surface area contributed by atoms with E-state index in [0.717, 1.165) is 22.6 Å². The first-order chi connectivity index (χ1) is 12.0. The van der Waals surface area contributed by atoms with Gasteiger partial charge >= 0.3 is 0 Å². The summed E-state index contributed by atoms with van der Waals surface area (Å²) in [4.78, 5) is 16.6. The molecule has 4 heteroatoms. The van der Waals surface area contributed by atoms with Crippen LogP contribution in [0.25, 0.3) is 0 Å². The molecule has 2 aromatic carbocycles. The van der Waals surface area contributed by atoms with Crippen LogP contribution in [0.4, 0.5) is 17.1 Å². The molecule has 0 spiro atoms. The van der Waals surface area contributed by atoms with Crippen LogP contribution < -0.4 is 10.6 Å². The zero-order valence-corrected chi connectivity index (χ0v) is 14.6. The zero-order chi connectivity index (χ0) is 17.8. The lowest BCUT2D eigenvalue weighted by molar-refractivity contribution is 0.102. The Kier molecular flexibility index (Phi) is 4.80. The largest absolute Gasteiger partial charge is 0.354 e. The number of hydrogen-bond acceptors (Lipinski definition) is 3. The number of nitrogens with zero attached hydrogens (tertiary/aromatic N) is 1. The Labute approximate surface area is 147 Å². The molecule has 1 aromatic heterocycles. The molecule has 1 heterocycles.